The molecule has 9 heteroatoms. The van der Waals surface area contributed by atoms with Gasteiger partial charge in [-0.15, -0.1) is 0 Å². The fourth-order valence-electron chi connectivity index (χ4n) is 1.84. The van der Waals surface area contributed by atoms with Crippen LogP contribution >= 0.6 is 27.5 Å². The molecule has 0 aliphatic heterocycles. The summed E-state index contributed by atoms with van der Waals surface area (Å²) in [6.45, 7) is -0.806. The van der Waals surface area contributed by atoms with Crippen LogP contribution < -0.4 is 10.1 Å². The molecule has 124 valence electrons. The molecule has 0 spiro atoms. The minimum absolute atomic E-state index is 0.00763. The van der Waals surface area contributed by atoms with Crippen molar-refractivity contribution in [2.45, 2.75) is 20.1 Å². The van der Waals surface area contributed by atoms with Gasteiger partial charge in [-0.3, -0.25) is 9.48 Å². The van der Waals surface area contributed by atoms with Gasteiger partial charge in [0.05, 0.1) is 28.2 Å². The summed E-state index contributed by atoms with van der Waals surface area (Å²) in [5.41, 5.74) is 0.398. The molecule has 0 bridgehead atoms. The van der Waals surface area contributed by atoms with Crippen LogP contribution in [-0.4, -0.2) is 22.3 Å². The summed E-state index contributed by atoms with van der Waals surface area (Å²) >= 11 is 9.12. The van der Waals surface area contributed by atoms with E-state index in [2.05, 4.69) is 31.1 Å². The molecule has 0 radical (unpaired) electrons. The first-order chi connectivity index (χ1) is 10.8. The fourth-order valence-corrected chi connectivity index (χ4v) is 2.39. The van der Waals surface area contributed by atoms with E-state index >= 15 is 0 Å². The molecule has 5 nitrogen and oxygen atoms in total. The average molecular weight is 409 g/mol. The summed E-state index contributed by atoms with van der Waals surface area (Å²) in [6.07, 6.45) is 3.39. The highest BCUT2D eigenvalue weighted by Crippen LogP contribution is 2.29. The number of anilines is 1. The van der Waals surface area contributed by atoms with E-state index < -0.39 is 6.61 Å². The number of benzene rings is 1. The number of amides is 1. The zero-order chi connectivity index (χ0) is 17.0. The van der Waals surface area contributed by atoms with E-state index in [9.17, 15) is 13.6 Å². The summed E-state index contributed by atoms with van der Waals surface area (Å²) in [4.78, 5) is 12.1. The lowest BCUT2D eigenvalue weighted by molar-refractivity contribution is -0.119. The Kier molecular flexibility index (Phi) is 5.95. The summed E-state index contributed by atoms with van der Waals surface area (Å²) in [5.74, 6) is -0.734. The first-order valence-corrected chi connectivity index (χ1v) is 7.75. The van der Waals surface area contributed by atoms with Crippen LogP contribution in [0.4, 0.5) is 14.5 Å². The predicted molar refractivity (Wildman–Crippen MR) is 85.8 cm³/mol. The quantitative estimate of drug-likeness (QED) is 0.780. The first kappa shape index (κ1) is 17.7. The van der Waals surface area contributed by atoms with Gasteiger partial charge in [-0.1, -0.05) is 18.5 Å². The van der Waals surface area contributed by atoms with Crippen molar-refractivity contribution in [3.63, 3.8) is 0 Å². The molecule has 1 aromatic carbocycles. The number of hydrogen-bond acceptors (Lipinski definition) is 3. The van der Waals surface area contributed by atoms with Gasteiger partial charge in [-0.25, -0.2) is 0 Å². The molecule has 1 aromatic heterocycles. The molecule has 1 heterocycles. The lowest BCUT2D eigenvalue weighted by atomic mass is 10.1. The van der Waals surface area contributed by atoms with Crippen molar-refractivity contribution >= 4 is 39.1 Å². The minimum atomic E-state index is -2.96. The SMILES string of the molecule is CC(Cn1cc(Br)cn1)C(=O)Nc1ccc(OC(F)F)c(Cl)c1. The smallest absolute Gasteiger partial charge is 0.387 e. The maximum Gasteiger partial charge on any atom is 0.387 e. The molecule has 0 aliphatic rings. The van der Waals surface area contributed by atoms with E-state index in [0.717, 1.165) is 4.47 Å². The van der Waals surface area contributed by atoms with Gasteiger partial charge in [0.2, 0.25) is 5.91 Å². The third-order valence-corrected chi connectivity index (χ3v) is 3.63. The third-order valence-electron chi connectivity index (χ3n) is 2.93. The molecule has 2 aromatic rings. The van der Waals surface area contributed by atoms with Crippen LogP contribution in [0.2, 0.25) is 5.02 Å². The van der Waals surface area contributed by atoms with E-state index in [1.165, 1.54) is 18.2 Å². The second-order valence-corrected chi connectivity index (χ2v) is 6.12. The number of halogens is 4. The molecular weight excluding hydrogens is 396 g/mol. The van der Waals surface area contributed by atoms with Gasteiger partial charge in [0.15, 0.2) is 0 Å². The summed E-state index contributed by atoms with van der Waals surface area (Å²) < 4.78 is 31.0. The predicted octanol–water partition coefficient (Wildman–Crippen LogP) is 4.18. The molecule has 0 saturated heterocycles. The highest BCUT2D eigenvalue weighted by molar-refractivity contribution is 9.10. The van der Waals surface area contributed by atoms with Gasteiger partial charge in [-0.05, 0) is 34.1 Å². The molecule has 2 rings (SSSR count). The summed E-state index contributed by atoms with van der Waals surface area (Å²) in [6, 6.07) is 4.08. The zero-order valence-corrected chi connectivity index (χ0v) is 14.3. The van der Waals surface area contributed by atoms with E-state index in [0.29, 0.717) is 12.2 Å². The second-order valence-electron chi connectivity index (χ2n) is 4.79. The number of nitrogens with zero attached hydrogens (tertiary/aromatic N) is 2. The first-order valence-electron chi connectivity index (χ1n) is 6.58. The van der Waals surface area contributed by atoms with Gasteiger partial charge in [0.25, 0.3) is 0 Å². The zero-order valence-electron chi connectivity index (χ0n) is 12.0. The number of carbonyl (C=O) groups excluding carboxylic acids is 1. The molecule has 1 atom stereocenters. The highest BCUT2D eigenvalue weighted by atomic mass is 79.9. The largest absolute Gasteiger partial charge is 0.433 e. The van der Waals surface area contributed by atoms with Crippen molar-refractivity contribution in [3.8, 4) is 5.75 Å². The number of ether oxygens (including phenoxy) is 1. The van der Waals surface area contributed by atoms with Crippen LogP contribution in [-0.2, 0) is 11.3 Å². The topological polar surface area (TPSA) is 56.2 Å². The van der Waals surface area contributed by atoms with Crippen molar-refractivity contribution in [2.75, 3.05) is 5.32 Å². The van der Waals surface area contributed by atoms with Crippen molar-refractivity contribution in [3.05, 3.63) is 40.1 Å². The Morgan fingerprint density at radius 2 is 2.26 bits per heavy atom. The Morgan fingerprint density at radius 3 is 2.83 bits per heavy atom. The molecule has 0 saturated carbocycles. The monoisotopic (exact) mass is 407 g/mol. The minimum Gasteiger partial charge on any atom is -0.433 e. The Bertz CT molecular complexity index is 696. The third kappa shape index (κ3) is 5.18. The van der Waals surface area contributed by atoms with Gasteiger partial charge in [0, 0.05) is 11.9 Å². The number of aromatic nitrogens is 2. The molecule has 1 N–H and O–H groups in total. The second kappa shape index (κ2) is 7.74. The van der Waals surface area contributed by atoms with Gasteiger partial charge in [-0.2, -0.15) is 13.9 Å². The summed E-state index contributed by atoms with van der Waals surface area (Å²) in [5, 5.41) is 6.74. The van der Waals surface area contributed by atoms with Crippen molar-refractivity contribution in [1.82, 2.24) is 9.78 Å². The van der Waals surface area contributed by atoms with Gasteiger partial charge in [0.1, 0.15) is 5.75 Å². The number of hydrogen-bond donors (Lipinski definition) is 1. The lowest BCUT2D eigenvalue weighted by Gasteiger charge is -2.13. The Hall–Kier alpha value is -1.67. The van der Waals surface area contributed by atoms with Crippen LogP contribution in [0.5, 0.6) is 5.75 Å². The van der Waals surface area contributed by atoms with E-state index in [1.54, 1.807) is 24.0 Å². The Balaban J connectivity index is 1.97. The van der Waals surface area contributed by atoms with E-state index in [4.69, 9.17) is 11.6 Å². The van der Waals surface area contributed by atoms with Crippen LogP contribution in [0.1, 0.15) is 6.92 Å². The van der Waals surface area contributed by atoms with Crippen LogP contribution in [0.15, 0.2) is 35.1 Å². The molecule has 0 aliphatic carbocycles. The van der Waals surface area contributed by atoms with Crippen molar-refractivity contribution in [2.24, 2.45) is 5.92 Å². The van der Waals surface area contributed by atoms with Crippen LogP contribution in [0.25, 0.3) is 0 Å². The average Bonchev–Trinajstić information content (AvgIpc) is 2.86. The van der Waals surface area contributed by atoms with Gasteiger partial charge >= 0.3 is 6.61 Å². The maximum absolute atomic E-state index is 12.2. The normalized spacial score (nSPS) is 12.3. The molecule has 1 unspecified atom stereocenters. The Labute approximate surface area is 144 Å². The van der Waals surface area contributed by atoms with Gasteiger partial charge < -0.3 is 10.1 Å². The standard InChI is InChI=1S/C14H13BrClF2N3O2/c1-8(6-21-7-9(15)5-19-21)13(22)20-10-2-3-12(11(16)4-10)23-14(17)18/h2-5,7-8,14H,6H2,1H3,(H,20,22). The maximum atomic E-state index is 12.2. The van der Waals surface area contributed by atoms with Crippen LogP contribution in [0.3, 0.4) is 0 Å². The highest BCUT2D eigenvalue weighted by Gasteiger charge is 2.16. The van der Waals surface area contributed by atoms with Crippen molar-refractivity contribution in [1.29, 1.82) is 0 Å². The van der Waals surface area contributed by atoms with E-state index in [-0.39, 0.29) is 22.6 Å². The van der Waals surface area contributed by atoms with Crippen molar-refractivity contribution < 1.29 is 18.3 Å². The molecule has 23 heavy (non-hydrogen) atoms. The van der Waals surface area contributed by atoms with E-state index in [1.807, 2.05) is 0 Å². The molecule has 1 amide bonds. The number of nitrogens with one attached hydrogen (secondary N) is 1. The molecular formula is C14H13BrClF2N3O2. The Morgan fingerprint density at radius 1 is 1.52 bits per heavy atom. The number of alkyl halides is 2. The fraction of sp³-hybridized carbons (Fsp3) is 0.286. The molecule has 0 fully saturated rings. The number of carbonyl (C=O) groups is 1. The summed E-state index contributed by atoms with van der Waals surface area (Å²) in [7, 11) is 0. The number of rotatable bonds is 6. The lowest BCUT2D eigenvalue weighted by Crippen LogP contribution is -2.24. The van der Waals surface area contributed by atoms with Crippen LogP contribution in [0, 0.1) is 5.92 Å².